The number of benzene rings is 7. The molecule has 236 valence electrons. The molecule has 0 amide bonds. The van der Waals surface area contributed by atoms with E-state index in [1.165, 1.54) is 107 Å². The zero-order valence-electron chi connectivity index (χ0n) is 27.9. The monoisotopic (exact) mass is 655 g/mol. The fourth-order valence-electron chi connectivity index (χ4n) is 9.87. The van der Waals surface area contributed by atoms with Crippen molar-refractivity contribution in [2.24, 2.45) is 5.92 Å². The van der Waals surface area contributed by atoms with Gasteiger partial charge >= 0.3 is 0 Å². The fraction of sp³-hybridized carbons (Fsp3) is 0.125. The molecular weight excluding hydrogens is 623 g/mol. The van der Waals surface area contributed by atoms with Crippen molar-refractivity contribution in [2.75, 3.05) is 0 Å². The first-order chi connectivity index (χ1) is 24.7. The summed E-state index contributed by atoms with van der Waals surface area (Å²) in [5.74, 6) is 0.505. The smallest absolute Gasteiger partial charge is 0.0541 e. The minimum absolute atomic E-state index is 0.505. The van der Waals surface area contributed by atoms with Gasteiger partial charge in [0.25, 0.3) is 0 Å². The first-order valence-electron chi connectivity index (χ1n) is 18.1. The van der Waals surface area contributed by atoms with Gasteiger partial charge in [-0.25, -0.2) is 0 Å². The molecule has 2 heteroatoms. The summed E-state index contributed by atoms with van der Waals surface area (Å²) in [7, 11) is 0. The Morgan fingerprint density at radius 1 is 0.680 bits per heavy atom. The molecule has 7 aromatic carbocycles. The molecule has 0 fully saturated rings. The molecule has 0 saturated carbocycles. The topological polar surface area (TPSA) is 4.93 Å². The number of para-hydroxylation sites is 1. The average Bonchev–Trinajstić information content (AvgIpc) is 3.61. The predicted molar refractivity (Wildman–Crippen MR) is 216 cm³/mol. The molecule has 9 aromatic rings. The Morgan fingerprint density at radius 3 is 2.50 bits per heavy atom. The number of thiophene rings is 1. The second-order valence-corrected chi connectivity index (χ2v) is 15.9. The summed E-state index contributed by atoms with van der Waals surface area (Å²) >= 11 is 1.96. The SMILES string of the molecule is CC1C=c2c(sc3ccccc23)=C(c2ccc3c(c2)c2ccccc2n3-c2cc3c4c5c6c(ccc7cccc(c4c2)c76)C=CCC=5CC3)C1. The molecule has 1 atom stereocenters. The molecule has 0 radical (unpaired) electrons. The molecule has 12 rings (SSSR count). The first kappa shape index (κ1) is 27.4. The summed E-state index contributed by atoms with van der Waals surface area (Å²) in [6.07, 6.45) is 11.6. The van der Waals surface area contributed by atoms with Gasteiger partial charge < -0.3 is 4.57 Å². The lowest BCUT2D eigenvalue weighted by atomic mass is 9.83. The summed E-state index contributed by atoms with van der Waals surface area (Å²) in [6.45, 7) is 2.37. The number of allylic oxidation sites excluding steroid dienone is 1. The standard InChI is InChI=1S/C48H33NS/c1-27-22-37(48-40(23-27)35-12-3-5-15-43(35)50-48)31-20-21-42-38(25-31)34-11-2-4-14-41(34)49(42)33-24-32-19-18-30-9-6-8-29-17-16-28-10-7-13-36-39(26-33)45(32)47(30)46(29)44(28)36/h2-8,10-17,20-21,23-27H,9,18-19,22H2,1H3. The summed E-state index contributed by atoms with van der Waals surface area (Å²) in [5, 5.41) is 15.5. The van der Waals surface area contributed by atoms with E-state index in [4.69, 9.17) is 0 Å². The maximum absolute atomic E-state index is 2.54. The first-order valence-corrected chi connectivity index (χ1v) is 18.9. The molecule has 0 aliphatic heterocycles. The molecular formula is C48H33NS. The van der Waals surface area contributed by atoms with Gasteiger partial charge in [-0.05, 0) is 133 Å². The van der Waals surface area contributed by atoms with E-state index in [2.05, 4.69) is 139 Å². The Morgan fingerprint density at radius 2 is 1.54 bits per heavy atom. The van der Waals surface area contributed by atoms with Gasteiger partial charge in [0, 0.05) is 31.1 Å². The Bertz CT molecular complexity index is 3220. The van der Waals surface area contributed by atoms with Crippen LogP contribution in [0.5, 0.6) is 0 Å². The van der Waals surface area contributed by atoms with Crippen molar-refractivity contribution in [2.45, 2.75) is 32.6 Å². The van der Waals surface area contributed by atoms with Gasteiger partial charge in [-0.2, -0.15) is 0 Å². The number of hydrogen-bond donors (Lipinski definition) is 0. The van der Waals surface area contributed by atoms with E-state index in [-0.39, 0.29) is 0 Å². The van der Waals surface area contributed by atoms with Crippen molar-refractivity contribution in [1.82, 2.24) is 4.57 Å². The van der Waals surface area contributed by atoms with Crippen LogP contribution in [-0.4, -0.2) is 4.57 Å². The van der Waals surface area contributed by atoms with Crippen LogP contribution < -0.4 is 15.0 Å². The summed E-state index contributed by atoms with van der Waals surface area (Å²) in [6, 6.07) is 41.8. The highest BCUT2D eigenvalue weighted by Crippen LogP contribution is 2.41. The van der Waals surface area contributed by atoms with E-state index in [1.807, 2.05) is 11.3 Å². The highest BCUT2D eigenvalue weighted by Gasteiger charge is 2.24. The zero-order valence-corrected chi connectivity index (χ0v) is 28.7. The average molecular weight is 656 g/mol. The maximum atomic E-state index is 2.54. The fourth-order valence-corrected chi connectivity index (χ4v) is 11.1. The van der Waals surface area contributed by atoms with Crippen molar-refractivity contribution in [3.8, 4) is 5.69 Å². The van der Waals surface area contributed by atoms with Crippen molar-refractivity contribution in [3.05, 3.63) is 147 Å². The van der Waals surface area contributed by atoms with Crippen molar-refractivity contribution in [3.63, 3.8) is 0 Å². The lowest BCUT2D eigenvalue weighted by Gasteiger charge is -2.22. The van der Waals surface area contributed by atoms with Crippen molar-refractivity contribution < 1.29 is 0 Å². The van der Waals surface area contributed by atoms with E-state index in [0.29, 0.717) is 5.92 Å². The molecule has 0 spiro atoms. The van der Waals surface area contributed by atoms with Crippen molar-refractivity contribution >= 4 is 98.8 Å². The van der Waals surface area contributed by atoms with Crippen LogP contribution in [0.25, 0.3) is 93.2 Å². The van der Waals surface area contributed by atoms with Crippen LogP contribution in [0.1, 0.15) is 42.9 Å². The Balaban J connectivity index is 1.16. The van der Waals surface area contributed by atoms with Crippen LogP contribution in [0.4, 0.5) is 0 Å². The maximum Gasteiger partial charge on any atom is 0.0541 e. The van der Waals surface area contributed by atoms with E-state index >= 15 is 0 Å². The summed E-state index contributed by atoms with van der Waals surface area (Å²) in [4.78, 5) is 0. The number of nitrogens with zero attached hydrogens (tertiary/aromatic N) is 1. The molecule has 0 bridgehead atoms. The van der Waals surface area contributed by atoms with E-state index in [1.54, 1.807) is 5.57 Å². The Kier molecular flexibility index (Phi) is 5.39. The van der Waals surface area contributed by atoms with Gasteiger partial charge in [0.05, 0.1) is 11.0 Å². The second-order valence-electron chi connectivity index (χ2n) is 14.8. The normalized spacial score (nSPS) is 16.8. The molecule has 2 heterocycles. The molecule has 3 aliphatic carbocycles. The molecule has 50 heavy (non-hydrogen) atoms. The predicted octanol–water partition coefficient (Wildman–Crippen LogP) is 10.7. The number of fused-ring (bicyclic) bond motifs is 7. The zero-order chi connectivity index (χ0) is 32.7. The number of aromatic nitrogens is 1. The van der Waals surface area contributed by atoms with E-state index < -0.39 is 0 Å². The molecule has 0 saturated heterocycles. The molecule has 0 N–H and O–H groups in total. The summed E-state index contributed by atoms with van der Waals surface area (Å²) < 4.78 is 5.37. The molecule has 2 aromatic heterocycles. The third-order valence-electron chi connectivity index (χ3n) is 11.9. The summed E-state index contributed by atoms with van der Waals surface area (Å²) in [5.41, 5.74) is 11.1. The van der Waals surface area contributed by atoms with Gasteiger partial charge in [0.15, 0.2) is 0 Å². The quantitative estimate of drug-likeness (QED) is 0.129. The minimum Gasteiger partial charge on any atom is -0.309 e. The van der Waals surface area contributed by atoms with Gasteiger partial charge in [-0.15, -0.1) is 11.3 Å². The van der Waals surface area contributed by atoms with Crippen molar-refractivity contribution in [1.29, 1.82) is 0 Å². The lowest BCUT2D eigenvalue weighted by Crippen LogP contribution is -2.27. The Hall–Kier alpha value is -5.44. The van der Waals surface area contributed by atoms with Crippen LogP contribution in [0.3, 0.4) is 0 Å². The second kappa shape index (κ2) is 9.84. The van der Waals surface area contributed by atoms with E-state index in [9.17, 15) is 0 Å². The van der Waals surface area contributed by atoms with Gasteiger partial charge in [-0.1, -0.05) is 104 Å². The van der Waals surface area contributed by atoms with Gasteiger partial charge in [-0.3, -0.25) is 0 Å². The van der Waals surface area contributed by atoms with E-state index in [0.717, 1.165) is 25.7 Å². The van der Waals surface area contributed by atoms with Crippen LogP contribution in [0.15, 0.2) is 115 Å². The third-order valence-corrected chi connectivity index (χ3v) is 13.2. The third kappa shape index (κ3) is 3.57. The lowest BCUT2D eigenvalue weighted by molar-refractivity contribution is 0.789. The Labute approximate surface area is 293 Å². The number of rotatable bonds is 2. The van der Waals surface area contributed by atoms with Crippen LogP contribution in [0.2, 0.25) is 0 Å². The highest BCUT2D eigenvalue weighted by molar-refractivity contribution is 7.17. The molecule has 3 aliphatic rings. The van der Waals surface area contributed by atoms with Gasteiger partial charge in [0.2, 0.25) is 0 Å². The van der Waals surface area contributed by atoms with Gasteiger partial charge in [0.1, 0.15) is 0 Å². The van der Waals surface area contributed by atoms with Crippen LogP contribution in [-0.2, 0) is 6.42 Å². The van der Waals surface area contributed by atoms with Crippen LogP contribution in [0, 0.1) is 5.92 Å². The molecule has 1 unspecified atom stereocenters. The number of aryl methyl sites for hydroxylation is 1. The minimum atomic E-state index is 0.505. The van der Waals surface area contributed by atoms with Crippen LogP contribution >= 0.6 is 11.3 Å². The molecule has 1 nitrogen and oxygen atoms in total. The number of hydrogen-bond acceptors (Lipinski definition) is 1. The highest BCUT2D eigenvalue weighted by atomic mass is 32.1. The largest absolute Gasteiger partial charge is 0.309 e.